The van der Waals surface area contributed by atoms with Crippen molar-refractivity contribution in [1.82, 2.24) is 20.4 Å². The van der Waals surface area contributed by atoms with Gasteiger partial charge >= 0.3 is 0 Å². The number of nitrogens with zero attached hydrogens (tertiary/aromatic N) is 3. The van der Waals surface area contributed by atoms with E-state index in [1.807, 2.05) is 0 Å². The highest BCUT2D eigenvalue weighted by molar-refractivity contribution is 5.94. The molecule has 3 rings (SSSR count). The zero-order valence-electron chi connectivity index (χ0n) is 17.5. The summed E-state index contributed by atoms with van der Waals surface area (Å²) in [6, 6.07) is 7.66. The van der Waals surface area contributed by atoms with Gasteiger partial charge in [-0.3, -0.25) is 14.7 Å². The summed E-state index contributed by atoms with van der Waals surface area (Å²) in [7, 11) is 1.61. The molecule has 8 nitrogen and oxygen atoms in total. The van der Waals surface area contributed by atoms with Crippen LogP contribution in [0.5, 0.6) is 5.75 Å². The summed E-state index contributed by atoms with van der Waals surface area (Å²) in [5.74, 6) is 1.57. The third-order valence-corrected chi connectivity index (χ3v) is 5.37. The molecule has 1 unspecified atom stereocenters. The monoisotopic (exact) mass is 403 g/mol. The van der Waals surface area contributed by atoms with Gasteiger partial charge in [0.15, 0.2) is 5.96 Å². The van der Waals surface area contributed by atoms with Gasteiger partial charge in [0.25, 0.3) is 5.91 Å². The van der Waals surface area contributed by atoms with Crippen LogP contribution in [0.1, 0.15) is 23.7 Å². The first kappa shape index (κ1) is 21.4. The summed E-state index contributed by atoms with van der Waals surface area (Å²) < 4.78 is 10.6. The Morgan fingerprint density at radius 3 is 2.66 bits per heavy atom. The Bertz CT molecular complexity index is 673. The molecule has 1 atom stereocenters. The molecule has 2 heterocycles. The molecule has 0 saturated carbocycles. The van der Waals surface area contributed by atoms with E-state index in [4.69, 9.17) is 14.5 Å². The number of carbonyl (C=O) groups is 1. The van der Waals surface area contributed by atoms with Gasteiger partial charge in [0.05, 0.1) is 26.9 Å². The Hall–Kier alpha value is -2.32. The van der Waals surface area contributed by atoms with Gasteiger partial charge in [0.2, 0.25) is 0 Å². The molecular formula is C21H33N5O3. The molecule has 2 saturated heterocycles. The van der Waals surface area contributed by atoms with Crippen molar-refractivity contribution in [1.29, 1.82) is 0 Å². The molecule has 0 spiro atoms. The van der Waals surface area contributed by atoms with Gasteiger partial charge in [-0.1, -0.05) is 0 Å². The third kappa shape index (κ3) is 6.08. The highest BCUT2D eigenvalue weighted by Crippen LogP contribution is 2.17. The van der Waals surface area contributed by atoms with E-state index in [2.05, 4.69) is 27.4 Å². The van der Waals surface area contributed by atoms with Crippen LogP contribution in [0.3, 0.4) is 0 Å². The summed E-state index contributed by atoms with van der Waals surface area (Å²) in [6.07, 6.45) is 1.15. The van der Waals surface area contributed by atoms with Crippen LogP contribution in [0.25, 0.3) is 0 Å². The highest BCUT2D eigenvalue weighted by atomic mass is 16.5. The van der Waals surface area contributed by atoms with Crippen LogP contribution in [-0.2, 0) is 4.74 Å². The van der Waals surface area contributed by atoms with Gasteiger partial charge in [-0.25, -0.2) is 0 Å². The second-order valence-corrected chi connectivity index (χ2v) is 7.26. The van der Waals surface area contributed by atoms with E-state index in [-0.39, 0.29) is 5.91 Å². The van der Waals surface area contributed by atoms with Crippen LogP contribution in [0.2, 0.25) is 0 Å². The van der Waals surface area contributed by atoms with Crippen molar-refractivity contribution < 1.29 is 14.3 Å². The summed E-state index contributed by atoms with van der Waals surface area (Å²) in [5, 5.41) is 6.32. The first-order chi connectivity index (χ1) is 14.2. The Morgan fingerprint density at radius 1 is 1.21 bits per heavy atom. The standard InChI is InChI=1S/C21H33N5O3/c1-3-22-21(26-11-8-18(16-26)25-12-14-29-15-13-25)24-10-9-23-20(27)17-4-6-19(28-2)7-5-17/h4-7,18H,3,8-16H2,1-2H3,(H,22,24)(H,23,27). The van der Waals surface area contributed by atoms with Gasteiger partial charge in [-0.05, 0) is 37.6 Å². The van der Waals surface area contributed by atoms with Gasteiger partial charge in [0.1, 0.15) is 5.75 Å². The Morgan fingerprint density at radius 2 is 1.97 bits per heavy atom. The molecule has 2 fully saturated rings. The number of benzene rings is 1. The minimum Gasteiger partial charge on any atom is -0.497 e. The molecule has 29 heavy (non-hydrogen) atoms. The Kier molecular flexibility index (Phi) is 8.13. The Balaban J connectivity index is 1.46. The lowest BCUT2D eigenvalue weighted by molar-refractivity contribution is 0.0195. The lowest BCUT2D eigenvalue weighted by Gasteiger charge is -2.32. The predicted molar refractivity (Wildman–Crippen MR) is 114 cm³/mol. The van der Waals surface area contributed by atoms with Crippen LogP contribution in [0, 0.1) is 0 Å². The number of hydrogen-bond acceptors (Lipinski definition) is 5. The number of methoxy groups -OCH3 is 1. The Labute approximate surface area is 173 Å². The molecule has 160 valence electrons. The first-order valence-electron chi connectivity index (χ1n) is 10.5. The lowest BCUT2D eigenvalue weighted by Crippen LogP contribution is -2.46. The molecular weight excluding hydrogens is 370 g/mol. The van der Waals surface area contributed by atoms with Gasteiger partial charge < -0.3 is 25.0 Å². The van der Waals surface area contributed by atoms with Crippen LogP contribution < -0.4 is 15.4 Å². The molecule has 0 radical (unpaired) electrons. The van der Waals surface area contributed by atoms with Crippen LogP contribution in [0.4, 0.5) is 0 Å². The maximum Gasteiger partial charge on any atom is 0.251 e. The molecule has 0 bridgehead atoms. The smallest absolute Gasteiger partial charge is 0.251 e. The molecule has 2 aliphatic rings. The van der Waals surface area contributed by atoms with Crippen molar-refractivity contribution >= 4 is 11.9 Å². The van der Waals surface area contributed by atoms with Crippen molar-refractivity contribution in [2.45, 2.75) is 19.4 Å². The van der Waals surface area contributed by atoms with E-state index in [1.165, 1.54) is 0 Å². The number of ether oxygens (including phenoxy) is 2. The normalized spacial score (nSPS) is 20.6. The van der Waals surface area contributed by atoms with E-state index in [0.717, 1.165) is 64.1 Å². The van der Waals surface area contributed by atoms with E-state index in [9.17, 15) is 4.79 Å². The molecule has 0 aromatic heterocycles. The van der Waals surface area contributed by atoms with E-state index >= 15 is 0 Å². The topological polar surface area (TPSA) is 78.4 Å². The average molecular weight is 404 g/mol. The number of guanidine groups is 1. The minimum absolute atomic E-state index is 0.0959. The van der Waals surface area contributed by atoms with Crippen molar-refractivity contribution in [3.8, 4) is 5.75 Å². The van der Waals surface area contributed by atoms with Crippen molar-refractivity contribution in [2.75, 3.05) is 66.1 Å². The number of likely N-dealkylation sites (tertiary alicyclic amines) is 1. The number of amides is 1. The fourth-order valence-corrected chi connectivity index (χ4v) is 3.78. The van der Waals surface area contributed by atoms with Gasteiger partial charge in [-0.2, -0.15) is 0 Å². The first-order valence-corrected chi connectivity index (χ1v) is 10.5. The second-order valence-electron chi connectivity index (χ2n) is 7.26. The van der Waals surface area contributed by atoms with Gasteiger partial charge in [-0.15, -0.1) is 0 Å². The maximum absolute atomic E-state index is 12.2. The summed E-state index contributed by atoms with van der Waals surface area (Å²) in [4.78, 5) is 21.8. The number of morpholine rings is 1. The fraction of sp³-hybridized carbons (Fsp3) is 0.619. The molecule has 2 aliphatic heterocycles. The fourth-order valence-electron chi connectivity index (χ4n) is 3.78. The lowest BCUT2D eigenvalue weighted by atomic mass is 10.2. The van der Waals surface area contributed by atoms with E-state index in [1.54, 1.807) is 31.4 Å². The second kappa shape index (κ2) is 11.0. The predicted octanol–water partition coefficient (Wildman–Crippen LogP) is 0.797. The van der Waals surface area contributed by atoms with Crippen molar-refractivity contribution in [2.24, 2.45) is 4.99 Å². The van der Waals surface area contributed by atoms with Crippen LogP contribution in [-0.4, -0.2) is 93.8 Å². The van der Waals surface area contributed by atoms with Crippen LogP contribution in [0.15, 0.2) is 29.3 Å². The summed E-state index contributed by atoms with van der Waals surface area (Å²) in [5.41, 5.74) is 0.620. The molecule has 1 aromatic carbocycles. The maximum atomic E-state index is 12.2. The van der Waals surface area contributed by atoms with E-state index < -0.39 is 0 Å². The molecule has 0 aliphatic carbocycles. The SMILES string of the molecule is CCNC(=NCCNC(=O)c1ccc(OC)cc1)N1CCC(N2CCOCC2)C1. The average Bonchev–Trinajstić information content (AvgIpc) is 3.26. The van der Waals surface area contributed by atoms with Crippen molar-refractivity contribution in [3.05, 3.63) is 29.8 Å². The van der Waals surface area contributed by atoms with E-state index in [0.29, 0.717) is 24.7 Å². The number of carbonyl (C=O) groups excluding carboxylic acids is 1. The molecule has 1 amide bonds. The number of hydrogen-bond donors (Lipinski definition) is 2. The summed E-state index contributed by atoms with van der Waals surface area (Å²) >= 11 is 0. The number of rotatable bonds is 7. The zero-order chi connectivity index (χ0) is 20.5. The molecule has 1 aromatic rings. The zero-order valence-corrected chi connectivity index (χ0v) is 17.5. The third-order valence-electron chi connectivity index (χ3n) is 5.37. The highest BCUT2D eigenvalue weighted by Gasteiger charge is 2.30. The summed E-state index contributed by atoms with van der Waals surface area (Å²) in [6.45, 7) is 9.65. The van der Waals surface area contributed by atoms with Crippen molar-refractivity contribution in [3.63, 3.8) is 0 Å². The quantitative estimate of drug-likeness (QED) is 0.398. The van der Waals surface area contributed by atoms with Crippen LogP contribution >= 0.6 is 0 Å². The molecule has 2 N–H and O–H groups in total. The minimum atomic E-state index is -0.0959. The number of nitrogens with one attached hydrogen (secondary N) is 2. The molecule has 8 heteroatoms. The largest absolute Gasteiger partial charge is 0.497 e. The van der Waals surface area contributed by atoms with Gasteiger partial charge in [0, 0.05) is 50.9 Å². The number of aliphatic imine (C=N–C) groups is 1.